The lowest BCUT2D eigenvalue weighted by molar-refractivity contribution is -0.132. The number of amides is 1. The Hall–Kier alpha value is -2.89. The van der Waals surface area contributed by atoms with Gasteiger partial charge in [0, 0.05) is 18.4 Å². The van der Waals surface area contributed by atoms with Gasteiger partial charge in [-0.2, -0.15) is 5.10 Å². The quantitative estimate of drug-likeness (QED) is 0.857. The van der Waals surface area contributed by atoms with E-state index in [0.717, 1.165) is 16.8 Å². The van der Waals surface area contributed by atoms with Gasteiger partial charge in [-0.1, -0.05) is 19.1 Å². The number of hydrogen-bond donors (Lipinski definition) is 0. The lowest BCUT2D eigenvalue weighted by atomic mass is 9.98. The fraction of sp³-hybridized carbons (Fsp3) is 0.263. The van der Waals surface area contributed by atoms with Gasteiger partial charge in [0.15, 0.2) is 11.5 Å². The minimum Gasteiger partial charge on any atom is -0.454 e. The summed E-state index contributed by atoms with van der Waals surface area (Å²) in [4.78, 5) is 12.3. The maximum atomic E-state index is 13.2. The number of carbonyl (C=O) groups excluding carboxylic acids is 1. The van der Waals surface area contributed by atoms with E-state index in [1.807, 2.05) is 18.2 Å². The van der Waals surface area contributed by atoms with Gasteiger partial charge in [0.05, 0.1) is 11.8 Å². The van der Waals surface area contributed by atoms with E-state index in [0.29, 0.717) is 24.3 Å². The van der Waals surface area contributed by atoms with Crippen LogP contribution in [-0.2, 0) is 4.79 Å². The summed E-state index contributed by atoms with van der Waals surface area (Å²) < 4.78 is 24.0. The van der Waals surface area contributed by atoms with Gasteiger partial charge in [-0.3, -0.25) is 4.79 Å². The number of hydrazone groups is 1. The number of benzene rings is 2. The lowest BCUT2D eigenvalue weighted by Gasteiger charge is -2.21. The van der Waals surface area contributed by atoms with E-state index in [1.165, 1.54) is 17.1 Å². The highest BCUT2D eigenvalue weighted by molar-refractivity contribution is 6.03. The van der Waals surface area contributed by atoms with Gasteiger partial charge in [0.2, 0.25) is 12.7 Å². The Balaban J connectivity index is 1.67. The standard InChI is InChI=1S/C19H17FN2O3/c1-2-19(23)22-16(12-3-6-14(20)7-4-12)10-15(21-22)13-5-8-17-18(9-13)25-11-24-17/h3-9,16H,2,10-11H2,1H3/t16-/m1/s1. The molecule has 6 heteroatoms. The van der Waals surface area contributed by atoms with E-state index < -0.39 is 0 Å². The van der Waals surface area contributed by atoms with Crippen LogP contribution < -0.4 is 9.47 Å². The van der Waals surface area contributed by atoms with Crippen LogP contribution in [0.15, 0.2) is 47.6 Å². The fourth-order valence-electron chi connectivity index (χ4n) is 3.10. The predicted octanol–water partition coefficient (Wildman–Crippen LogP) is 3.64. The van der Waals surface area contributed by atoms with Crippen molar-refractivity contribution in [3.05, 3.63) is 59.4 Å². The Labute approximate surface area is 144 Å². The second-order valence-corrected chi connectivity index (χ2v) is 5.98. The van der Waals surface area contributed by atoms with Crippen molar-refractivity contribution >= 4 is 11.6 Å². The van der Waals surface area contributed by atoms with Gasteiger partial charge in [0.1, 0.15) is 5.82 Å². The summed E-state index contributed by atoms with van der Waals surface area (Å²) in [5.41, 5.74) is 2.56. The molecule has 0 fully saturated rings. The molecule has 25 heavy (non-hydrogen) atoms. The molecule has 0 spiro atoms. The Kier molecular flexibility index (Phi) is 3.87. The Morgan fingerprint density at radius 3 is 2.72 bits per heavy atom. The smallest absolute Gasteiger partial charge is 0.242 e. The molecule has 0 saturated heterocycles. The van der Waals surface area contributed by atoms with E-state index >= 15 is 0 Å². The summed E-state index contributed by atoms with van der Waals surface area (Å²) in [7, 11) is 0. The highest BCUT2D eigenvalue weighted by atomic mass is 19.1. The summed E-state index contributed by atoms with van der Waals surface area (Å²) in [6.45, 7) is 2.02. The molecular weight excluding hydrogens is 323 g/mol. The molecule has 0 bridgehead atoms. The minimum absolute atomic E-state index is 0.0648. The van der Waals surface area contributed by atoms with Crippen molar-refractivity contribution in [2.45, 2.75) is 25.8 Å². The number of nitrogens with zero attached hydrogens (tertiary/aromatic N) is 2. The minimum atomic E-state index is -0.299. The van der Waals surface area contributed by atoms with E-state index in [2.05, 4.69) is 5.10 Å². The zero-order chi connectivity index (χ0) is 17.4. The molecule has 0 aliphatic carbocycles. The van der Waals surface area contributed by atoms with Crippen LogP contribution in [0.2, 0.25) is 0 Å². The van der Waals surface area contributed by atoms with Crippen molar-refractivity contribution in [1.29, 1.82) is 0 Å². The van der Waals surface area contributed by atoms with Gasteiger partial charge in [-0.25, -0.2) is 9.40 Å². The molecule has 2 aliphatic heterocycles. The molecule has 1 amide bonds. The van der Waals surface area contributed by atoms with E-state index in [-0.39, 0.29) is 24.6 Å². The SMILES string of the molecule is CCC(=O)N1N=C(c2ccc3c(c2)OCO3)C[C@@H]1c1ccc(F)cc1. The summed E-state index contributed by atoms with van der Waals surface area (Å²) >= 11 is 0. The van der Waals surface area contributed by atoms with Gasteiger partial charge in [-0.05, 0) is 35.9 Å². The molecule has 0 saturated carbocycles. The van der Waals surface area contributed by atoms with E-state index in [4.69, 9.17) is 9.47 Å². The number of carbonyl (C=O) groups is 1. The number of ether oxygens (including phenoxy) is 2. The maximum absolute atomic E-state index is 13.2. The first-order valence-electron chi connectivity index (χ1n) is 8.20. The molecule has 0 N–H and O–H groups in total. The second kappa shape index (κ2) is 6.20. The first-order chi connectivity index (χ1) is 12.2. The van der Waals surface area contributed by atoms with Crippen molar-refractivity contribution < 1.29 is 18.7 Å². The maximum Gasteiger partial charge on any atom is 0.242 e. The van der Waals surface area contributed by atoms with Crippen LogP contribution in [0.5, 0.6) is 11.5 Å². The molecule has 2 aliphatic rings. The van der Waals surface area contributed by atoms with Crippen LogP contribution in [0.3, 0.4) is 0 Å². The summed E-state index contributed by atoms with van der Waals surface area (Å²) in [6.07, 6.45) is 0.923. The van der Waals surface area contributed by atoms with Crippen LogP contribution >= 0.6 is 0 Å². The molecule has 1 atom stereocenters. The number of rotatable bonds is 3. The highest BCUT2D eigenvalue weighted by Gasteiger charge is 2.32. The van der Waals surface area contributed by atoms with Crippen LogP contribution in [-0.4, -0.2) is 23.4 Å². The summed E-state index contributed by atoms with van der Waals surface area (Å²) in [5, 5.41) is 6.05. The number of halogens is 1. The van der Waals surface area contributed by atoms with Crippen LogP contribution in [0.1, 0.15) is 36.9 Å². The zero-order valence-corrected chi connectivity index (χ0v) is 13.7. The van der Waals surface area contributed by atoms with Crippen molar-refractivity contribution in [2.75, 3.05) is 6.79 Å². The molecule has 5 nitrogen and oxygen atoms in total. The molecule has 4 rings (SSSR count). The van der Waals surface area contributed by atoms with Crippen molar-refractivity contribution in [2.24, 2.45) is 5.10 Å². The first kappa shape index (κ1) is 15.6. The van der Waals surface area contributed by atoms with Gasteiger partial charge in [-0.15, -0.1) is 0 Å². The summed E-state index contributed by atoms with van der Waals surface area (Å²) in [6, 6.07) is 11.6. The molecule has 0 aromatic heterocycles. The molecule has 128 valence electrons. The van der Waals surface area contributed by atoms with Gasteiger partial charge in [0.25, 0.3) is 0 Å². The Morgan fingerprint density at radius 1 is 1.20 bits per heavy atom. The van der Waals surface area contributed by atoms with E-state index in [9.17, 15) is 9.18 Å². The van der Waals surface area contributed by atoms with Crippen LogP contribution in [0.4, 0.5) is 4.39 Å². The third-order valence-corrected chi connectivity index (χ3v) is 4.43. The lowest BCUT2D eigenvalue weighted by Crippen LogP contribution is -2.26. The average Bonchev–Trinajstić information content (AvgIpc) is 3.28. The molecule has 2 aromatic carbocycles. The van der Waals surface area contributed by atoms with Crippen molar-refractivity contribution in [3.8, 4) is 11.5 Å². The molecule has 2 heterocycles. The molecule has 0 radical (unpaired) electrons. The van der Waals surface area contributed by atoms with Crippen LogP contribution in [0.25, 0.3) is 0 Å². The van der Waals surface area contributed by atoms with Crippen molar-refractivity contribution in [3.63, 3.8) is 0 Å². The van der Waals surface area contributed by atoms with E-state index in [1.54, 1.807) is 19.1 Å². The zero-order valence-electron chi connectivity index (χ0n) is 13.7. The van der Waals surface area contributed by atoms with Gasteiger partial charge >= 0.3 is 0 Å². The first-order valence-corrected chi connectivity index (χ1v) is 8.20. The van der Waals surface area contributed by atoms with Crippen LogP contribution in [0, 0.1) is 5.82 Å². The normalized spacial score (nSPS) is 18.4. The Morgan fingerprint density at radius 2 is 1.96 bits per heavy atom. The fourth-order valence-corrected chi connectivity index (χ4v) is 3.10. The predicted molar refractivity (Wildman–Crippen MR) is 90.0 cm³/mol. The van der Waals surface area contributed by atoms with Gasteiger partial charge < -0.3 is 9.47 Å². The third kappa shape index (κ3) is 2.84. The highest BCUT2D eigenvalue weighted by Crippen LogP contribution is 2.37. The third-order valence-electron chi connectivity index (χ3n) is 4.43. The topological polar surface area (TPSA) is 51.1 Å². The average molecular weight is 340 g/mol. The number of fused-ring (bicyclic) bond motifs is 1. The molecular formula is C19H17FN2O3. The molecule has 0 unspecified atom stereocenters. The molecule has 2 aromatic rings. The summed E-state index contributed by atoms with van der Waals surface area (Å²) in [5.74, 6) is 1.02. The van der Waals surface area contributed by atoms with Crippen molar-refractivity contribution in [1.82, 2.24) is 5.01 Å². The Bertz CT molecular complexity index is 848. The number of hydrogen-bond acceptors (Lipinski definition) is 4. The second-order valence-electron chi connectivity index (χ2n) is 5.98. The largest absolute Gasteiger partial charge is 0.454 e. The monoisotopic (exact) mass is 340 g/mol.